The number of alkyl halides is 4. The second-order valence-corrected chi connectivity index (χ2v) is 3.37. The van der Waals surface area contributed by atoms with E-state index in [1.807, 2.05) is 0 Å². The number of carbonyl (C=O) groups is 1. The smallest absolute Gasteiger partial charge is 0.454 e. The number of esters is 1. The Bertz CT molecular complexity index is 453. The van der Waals surface area contributed by atoms with Gasteiger partial charge in [-0.15, -0.1) is 0 Å². The van der Waals surface area contributed by atoms with Gasteiger partial charge in [0.15, 0.2) is 0 Å². The molecule has 102 valence electrons. The summed E-state index contributed by atoms with van der Waals surface area (Å²) < 4.78 is 55.5. The second-order valence-electron chi connectivity index (χ2n) is 3.37. The number of aliphatic hydroxyl groups is 1. The molecule has 0 saturated carbocycles. The molecule has 0 bridgehead atoms. The summed E-state index contributed by atoms with van der Waals surface area (Å²) >= 11 is 0. The lowest BCUT2D eigenvalue weighted by Gasteiger charge is -2.22. The van der Waals surface area contributed by atoms with Crippen molar-refractivity contribution in [1.29, 1.82) is 0 Å². The monoisotopic (exact) mass is 270 g/mol. The Morgan fingerprint density at radius 1 is 1.50 bits per heavy atom. The van der Waals surface area contributed by atoms with Crippen LogP contribution in [-0.4, -0.2) is 33.6 Å². The van der Waals surface area contributed by atoms with Crippen LogP contribution < -0.4 is 0 Å². The van der Waals surface area contributed by atoms with E-state index < -0.39 is 29.3 Å². The molecule has 1 aromatic rings. The summed E-state index contributed by atoms with van der Waals surface area (Å²) in [7, 11) is 0.967. The van der Waals surface area contributed by atoms with E-state index in [-0.39, 0.29) is 6.61 Å². The van der Waals surface area contributed by atoms with Crippen LogP contribution in [0.1, 0.15) is 23.0 Å². The molecule has 1 rings (SSSR count). The fourth-order valence-electron chi connectivity index (χ4n) is 1.32. The van der Waals surface area contributed by atoms with Gasteiger partial charge in [0.05, 0.1) is 12.8 Å². The highest BCUT2D eigenvalue weighted by molar-refractivity contribution is 5.90. The first-order valence-electron chi connectivity index (χ1n) is 4.80. The molecule has 0 aliphatic rings. The maximum atomic E-state index is 13.4. The standard InChI is InChI=1S/C9H10F4N2O3/c1-3-18-7(16)5-4-14-15(2)6(5)8(10,17)9(11,12)13/h4,17H,3H2,1-2H3. The van der Waals surface area contributed by atoms with E-state index in [0.29, 0.717) is 10.9 Å². The lowest BCUT2D eigenvalue weighted by atomic mass is 10.1. The van der Waals surface area contributed by atoms with E-state index in [1.165, 1.54) is 6.92 Å². The summed E-state index contributed by atoms with van der Waals surface area (Å²) in [5.74, 6) is -5.87. The molecule has 1 atom stereocenters. The van der Waals surface area contributed by atoms with Crippen LogP contribution in [0.25, 0.3) is 0 Å². The van der Waals surface area contributed by atoms with Gasteiger partial charge in [0.1, 0.15) is 11.3 Å². The normalized spacial score (nSPS) is 15.3. The average Bonchev–Trinajstić information content (AvgIpc) is 2.59. The molecule has 9 heteroatoms. The van der Waals surface area contributed by atoms with Crippen molar-refractivity contribution < 1.29 is 32.2 Å². The molecule has 1 unspecified atom stereocenters. The minimum atomic E-state index is -5.60. The molecule has 0 aliphatic heterocycles. The Morgan fingerprint density at radius 2 is 2.06 bits per heavy atom. The van der Waals surface area contributed by atoms with Crippen molar-refractivity contribution in [3.63, 3.8) is 0 Å². The van der Waals surface area contributed by atoms with E-state index >= 15 is 0 Å². The first-order chi connectivity index (χ1) is 8.13. The molecule has 1 N–H and O–H groups in total. The van der Waals surface area contributed by atoms with Crippen LogP contribution in [0.15, 0.2) is 6.20 Å². The van der Waals surface area contributed by atoms with Gasteiger partial charge >= 0.3 is 18.0 Å². The SMILES string of the molecule is CCOC(=O)c1cnn(C)c1C(O)(F)C(F)(F)F. The second kappa shape index (κ2) is 4.56. The predicted molar refractivity (Wildman–Crippen MR) is 50.2 cm³/mol. The van der Waals surface area contributed by atoms with Crippen molar-refractivity contribution >= 4 is 5.97 Å². The summed E-state index contributed by atoms with van der Waals surface area (Å²) in [5.41, 5.74) is -2.09. The van der Waals surface area contributed by atoms with Gasteiger partial charge in [-0.3, -0.25) is 4.68 Å². The van der Waals surface area contributed by atoms with E-state index in [0.717, 1.165) is 7.05 Å². The summed E-state index contributed by atoms with van der Waals surface area (Å²) in [4.78, 5) is 11.3. The van der Waals surface area contributed by atoms with Crippen LogP contribution in [-0.2, 0) is 17.6 Å². The highest BCUT2D eigenvalue weighted by Gasteiger charge is 2.60. The highest BCUT2D eigenvalue weighted by Crippen LogP contribution is 2.41. The Kier molecular flexibility index (Phi) is 3.65. The molecule has 5 nitrogen and oxygen atoms in total. The maximum Gasteiger partial charge on any atom is 0.454 e. The summed E-state index contributed by atoms with van der Waals surface area (Å²) in [6.45, 7) is 1.32. The van der Waals surface area contributed by atoms with Gasteiger partial charge < -0.3 is 9.84 Å². The lowest BCUT2D eigenvalue weighted by Crippen LogP contribution is -2.40. The molecule has 0 fully saturated rings. The number of aryl methyl sites for hydroxylation is 1. The molecule has 0 saturated heterocycles. The number of aromatic nitrogens is 2. The third-order valence-electron chi connectivity index (χ3n) is 2.12. The van der Waals surface area contributed by atoms with Gasteiger partial charge in [-0.1, -0.05) is 0 Å². The minimum Gasteiger partial charge on any atom is -0.462 e. The largest absolute Gasteiger partial charge is 0.462 e. The molecule has 0 amide bonds. The van der Waals surface area contributed by atoms with E-state index in [2.05, 4.69) is 9.84 Å². The van der Waals surface area contributed by atoms with Crippen molar-refractivity contribution in [3.05, 3.63) is 17.5 Å². The average molecular weight is 270 g/mol. The molecule has 0 aromatic carbocycles. The number of hydrogen-bond acceptors (Lipinski definition) is 4. The molecule has 1 aromatic heterocycles. The first-order valence-corrected chi connectivity index (χ1v) is 4.80. The van der Waals surface area contributed by atoms with Crippen molar-refractivity contribution in [2.24, 2.45) is 7.05 Å². The third kappa shape index (κ3) is 2.30. The molecule has 1 heterocycles. The molecular weight excluding hydrogens is 260 g/mol. The summed E-state index contributed by atoms with van der Waals surface area (Å²) in [6.07, 6.45) is -4.90. The fraction of sp³-hybridized carbons (Fsp3) is 0.556. The summed E-state index contributed by atoms with van der Waals surface area (Å²) in [6, 6.07) is 0. The van der Waals surface area contributed by atoms with Crippen LogP contribution in [0.4, 0.5) is 17.6 Å². The van der Waals surface area contributed by atoms with E-state index in [1.54, 1.807) is 0 Å². The van der Waals surface area contributed by atoms with Gasteiger partial charge in [-0.2, -0.15) is 22.7 Å². The molecular formula is C9H10F4N2O3. The van der Waals surface area contributed by atoms with Crippen molar-refractivity contribution in [2.45, 2.75) is 19.0 Å². The minimum absolute atomic E-state index is 0.107. The quantitative estimate of drug-likeness (QED) is 0.663. The lowest BCUT2D eigenvalue weighted by molar-refractivity contribution is -0.326. The zero-order valence-corrected chi connectivity index (χ0v) is 9.45. The molecule has 0 aliphatic carbocycles. The van der Waals surface area contributed by atoms with Crippen molar-refractivity contribution in [1.82, 2.24) is 9.78 Å². The number of halogens is 4. The van der Waals surface area contributed by atoms with Crippen LogP contribution in [0.3, 0.4) is 0 Å². The van der Waals surface area contributed by atoms with Gasteiger partial charge in [-0.25, -0.2) is 4.79 Å². The Labute approximate surface area is 99.0 Å². The molecule has 0 spiro atoms. The van der Waals surface area contributed by atoms with Crippen LogP contribution in [0.5, 0.6) is 0 Å². The Hall–Kier alpha value is -1.64. The van der Waals surface area contributed by atoms with E-state index in [9.17, 15) is 22.4 Å². The molecule has 18 heavy (non-hydrogen) atoms. The molecule has 0 radical (unpaired) electrons. The zero-order valence-electron chi connectivity index (χ0n) is 9.45. The third-order valence-corrected chi connectivity index (χ3v) is 2.12. The topological polar surface area (TPSA) is 64.3 Å². The van der Waals surface area contributed by atoms with Crippen LogP contribution in [0.2, 0.25) is 0 Å². The Balaban J connectivity index is 3.33. The maximum absolute atomic E-state index is 13.4. The van der Waals surface area contributed by atoms with Gasteiger partial charge in [0.2, 0.25) is 0 Å². The number of ether oxygens (including phenoxy) is 1. The van der Waals surface area contributed by atoms with Crippen LogP contribution in [0, 0.1) is 0 Å². The Morgan fingerprint density at radius 3 is 2.50 bits per heavy atom. The number of rotatable bonds is 3. The first kappa shape index (κ1) is 14.4. The fourth-order valence-corrected chi connectivity index (χ4v) is 1.32. The summed E-state index contributed by atoms with van der Waals surface area (Å²) in [5, 5.41) is 12.2. The predicted octanol–water partition coefficient (Wildman–Crippen LogP) is 1.27. The van der Waals surface area contributed by atoms with Crippen molar-refractivity contribution in [3.8, 4) is 0 Å². The van der Waals surface area contributed by atoms with Gasteiger partial charge in [-0.05, 0) is 6.92 Å². The van der Waals surface area contributed by atoms with Crippen LogP contribution >= 0.6 is 0 Å². The van der Waals surface area contributed by atoms with Crippen molar-refractivity contribution in [2.75, 3.05) is 6.61 Å². The number of nitrogens with zero attached hydrogens (tertiary/aromatic N) is 2. The zero-order chi connectivity index (χ0) is 14.1. The van der Waals surface area contributed by atoms with Gasteiger partial charge in [0, 0.05) is 7.05 Å². The number of hydrogen-bond donors (Lipinski definition) is 1. The van der Waals surface area contributed by atoms with E-state index in [4.69, 9.17) is 5.11 Å². The number of carbonyl (C=O) groups excluding carboxylic acids is 1. The van der Waals surface area contributed by atoms with Gasteiger partial charge in [0.25, 0.3) is 0 Å². The highest BCUT2D eigenvalue weighted by atomic mass is 19.4.